The average molecular weight is 553 g/mol. The highest BCUT2D eigenvalue weighted by Gasteiger charge is 2.44. The highest BCUT2D eigenvalue weighted by molar-refractivity contribution is 7.91. The summed E-state index contributed by atoms with van der Waals surface area (Å²) in [6.07, 6.45) is 2.30. The van der Waals surface area contributed by atoms with Gasteiger partial charge in [-0.25, -0.2) is 17.0 Å². The number of nitrogens with zero attached hydrogens (tertiary/aromatic N) is 2. The van der Waals surface area contributed by atoms with Crippen molar-refractivity contribution in [2.24, 2.45) is 0 Å². The number of carbonyl (C=O) groups excluding carboxylic acids is 1. The van der Waals surface area contributed by atoms with Crippen molar-refractivity contribution >= 4 is 39.7 Å². The van der Waals surface area contributed by atoms with Crippen LogP contribution >= 0.6 is 0 Å². The zero-order valence-electron chi connectivity index (χ0n) is 21.6. The lowest BCUT2D eigenvalue weighted by Gasteiger charge is -2.25. The molecule has 1 saturated heterocycles. The van der Waals surface area contributed by atoms with Crippen molar-refractivity contribution in [2.75, 3.05) is 23.7 Å². The number of ether oxygens (including phenoxy) is 1. The lowest BCUT2D eigenvalue weighted by Crippen LogP contribution is -2.37. The van der Waals surface area contributed by atoms with E-state index in [4.69, 9.17) is 4.74 Å². The Balaban J connectivity index is 2.03. The summed E-state index contributed by atoms with van der Waals surface area (Å²) < 4.78 is 59.9. The Morgan fingerprint density at radius 3 is 2.33 bits per heavy atom. The third kappa shape index (κ3) is 6.68. The molecular formula is C25H36N2O6S2Si. The average Bonchev–Trinajstić information content (AvgIpc) is 3.01. The van der Waals surface area contributed by atoms with Gasteiger partial charge in [-0.1, -0.05) is 69.4 Å². The number of benzene rings is 2. The molecule has 8 nitrogen and oxygen atoms in total. The van der Waals surface area contributed by atoms with Crippen LogP contribution in [0.5, 0.6) is 5.75 Å². The SMILES string of the molecule is CCCC(c1ccc(N2CC(=O)N(CC[Si](C)(C)C)S2(=O)=O)c(OCc2ccccc2)c1)S(C)(=O)=O. The Morgan fingerprint density at radius 1 is 1.08 bits per heavy atom. The maximum atomic E-state index is 13.4. The van der Waals surface area contributed by atoms with E-state index in [1.807, 2.05) is 37.3 Å². The van der Waals surface area contributed by atoms with Gasteiger partial charge in [0, 0.05) is 20.9 Å². The summed E-state index contributed by atoms with van der Waals surface area (Å²) >= 11 is 0. The summed E-state index contributed by atoms with van der Waals surface area (Å²) in [7, 11) is -9.08. The lowest BCUT2D eigenvalue weighted by molar-refractivity contribution is -0.123. The molecule has 0 spiro atoms. The molecule has 2 aromatic rings. The maximum Gasteiger partial charge on any atom is 0.329 e. The van der Waals surface area contributed by atoms with Gasteiger partial charge >= 0.3 is 10.2 Å². The summed E-state index contributed by atoms with van der Waals surface area (Å²) in [6.45, 7) is 8.28. The van der Waals surface area contributed by atoms with Crippen LogP contribution in [0.25, 0.3) is 0 Å². The molecule has 1 aliphatic heterocycles. The van der Waals surface area contributed by atoms with Crippen molar-refractivity contribution in [1.82, 2.24) is 4.31 Å². The van der Waals surface area contributed by atoms with Crippen molar-refractivity contribution in [1.29, 1.82) is 0 Å². The fraction of sp³-hybridized carbons (Fsp3) is 0.480. The molecule has 0 radical (unpaired) electrons. The second-order valence-corrected chi connectivity index (χ2v) is 20.0. The van der Waals surface area contributed by atoms with E-state index in [1.165, 1.54) is 6.26 Å². The van der Waals surface area contributed by atoms with Gasteiger partial charge in [0.25, 0.3) is 5.91 Å². The van der Waals surface area contributed by atoms with Crippen molar-refractivity contribution in [3.8, 4) is 5.75 Å². The summed E-state index contributed by atoms with van der Waals surface area (Å²) in [5, 5.41) is -0.735. The van der Waals surface area contributed by atoms with Gasteiger partial charge in [0.15, 0.2) is 9.84 Å². The first-order chi connectivity index (χ1) is 16.7. The molecule has 1 amide bonds. The molecular weight excluding hydrogens is 517 g/mol. The lowest BCUT2D eigenvalue weighted by atomic mass is 10.1. The van der Waals surface area contributed by atoms with Gasteiger partial charge in [-0.15, -0.1) is 0 Å². The number of anilines is 1. The molecule has 2 aromatic carbocycles. The topological polar surface area (TPSA) is 101 Å². The van der Waals surface area contributed by atoms with Crippen LogP contribution in [0.15, 0.2) is 48.5 Å². The molecule has 1 heterocycles. The first kappa shape index (κ1) is 28.2. The van der Waals surface area contributed by atoms with Gasteiger partial charge in [-0.2, -0.15) is 8.42 Å². The molecule has 0 saturated carbocycles. The normalized spacial score (nSPS) is 16.9. The van der Waals surface area contributed by atoms with Crippen molar-refractivity contribution in [2.45, 2.75) is 57.3 Å². The van der Waals surface area contributed by atoms with Gasteiger partial charge < -0.3 is 4.74 Å². The first-order valence-corrected chi connectivity index (χ1v) is 19.1. The van der Waals surface area contributed by atoms with E-state index in [9.17, 15) is 21.6 Å². The molecule has 1 fully saturated rings. The van der Waals surface area contributed by atoms with Crippen LogP contribution in [0.4, 0.5) is 5.69 Å². The Kier molecular flexibility index (Phi) is 8.57. The highest BCUT2D eigenvalue weighted by atomic mass is 32.2. The predicted octanol–water partition coefficient (Wildman–Crippen LogP) is 4.38. The minimum Gasteiger partial charge on any atom is -0.487 e. The van der Waals surface area contributed by atoms with E-state index >= 15 is 0 Å². The number of amides is 1. The molecule has 1 unspecified atom stereocenters. The van der Waals surface area contributed by atoms with Gasteiger partial charge in [0.1, 0.15) is 18.9 Å². The molecule has 36 heavy (non-hydrogen) atoms. The summed E-state index contributed by atoms with van der Waals surface area (Å²) in [4.78, 5) is 12.8. The van der Waals surface area contributed by atoms with Crippen molar-refractivity contribution in [3.05, 3.63) is 59.7 Å². The highest BCUT2D eigenvalue weighted by Crippen LogP contribution is 2.39. The Hall–Kier alpha value is -2.37. The molecule has 0 N–H and O–H groups in total. The Bertz CT molecular complexity index is 1290. The van der Waals surface area contributed by atoms with E-state index in [0.717, 1.165) is 14.2 Å². The standard InChI is InChI=1S/C25H36N2O6S2Si/c1-6-10-24(34(2,29)30)21-13-14-22(23(17-21)33-19-20-11-8-7-9-12-20)27-18-25(28)26(35(27,31)32)15-16-36(3,4)5/h7-9,11-14,17,24H,6,10,15-16,18-19H2,1-5H3. The summed E-state index contributed by atoms with van der Waals surface area (Å²) in [5.41, 5.74) is 1.63. The van der Waals surface area contributed by atoms with Crippen molar-refractivity contribution < 1.29 is 26.4 Å². The molecule has 0 aromatic heterocycles. The van der Waals surface area contributed by atoms with E-state index in [2.05, 4.69) is 19.6 Å². The predicted molar refractivity (Wildman–Crippen MR) is 146 cm³/mol. The van der Waals surface area contributed by atoms with Gasteiger partial charge in [0.2, 0.25) is 0 Å². The van der Waals surface area contributed by atoms with E-state index in [1.54, 1.807) is 18.2 Å². The minimum absolute atomic E-state index is 0.151. The molecule has 198 valence electrons. The monoisotopic (exact) mass is 552 g/mol. The molecule has 1 aliphatic rings. The second kappa shape index (κ2) is 10.9. The quantitative estimate of drug-likeness (QED) is 0.384. The largest absolute Gasteiger partial charge is 0.487 e. The van der Waals surface area contributed by atoms with Crippen LogP contribution < -0.4 is 9.04 Å². The number of hydrogen-bond donors (Lipinski definition) is 0. The van der Waals surface area contributed by atoms with Gasteiger partial charge in [-0.05, 0) is 35.7 Å². The van der Waals surface area contributed by atoms with Crippen LogP contribution in [-0.4, -0.2) is 54.5 Å². The van der Waals surface area contributed by atoms with E-state index in [0.29, 0.717) is 24.4 Å². The van der Waals surface area contributed by atoms with Crippen LogP contribution in [-0.2, 0) is 31.4 Å². The zero-order chi connectivity index (χ0) is 26.7. The third-order valence-corrected chi connectivity index (χ3v) is 11.2. The number of rotatable bonds is 11. The second-order valence-electron chi connectivity index (χ2n) is 10.4. The van der Waals surface area contributed by atoms with E-state index < -0.39 is 39.3 Å². The molecule has 11 heteroatoms. The smallest absolute Gasteiger partial charge is 0.329 e. The summed E-state index contributed by atoms with van der Waals surface area (Å²) in [6, 6.07) is 14.8. The zero-order valence-corrected chi connectivity index (χ0v) is 24.2. The van der Waals surface area contributed by atoms with E-state index in [-0.39, 0.29) is 31.1 Å². The van der Waals surface area contributed by atoms with Crippen LogP contribution in [0.3, 0.4) is 0 Å². The Morgan fingerprint density at radius 2 is 1.75 bits per heavy atom. The molecule has 0 bridgehead atoms. The van der Waals surface area contributed by atoms with Crippen LogP contribution in [0.1, 0.15) is 36.1 Å². The van der Waals surface area contributed by atoms with Crippen LogP contribution in [0, 0.1) is 0 Å². The van der Waals surface area contributed by atoms with Gasteiger partial charge in [0.05, 0.1) is 10.9 Å². The molecule has 1 atom stereocenters. The maximum absolute atomic E-state index is 13.4. The van der Waals surface area contributed by atoms with Gasteiger partial charge in [-0.3, -0.25) is 4.79 Å². The summed E-state index contributed by atoms with van der Waals surface area (Å²) in [5.74, 6) is -0.254. The van der Waals surface area contributed by atoms with Crippen molar-refractivity contribution in [3.63, 3.8) is 0 Å². The number of carbonyl (C=O) groups is 1. The molecule has 0 aliphatic carbocycles. The van der Waals surface area contributed by atoms with Crippen LogP contribution in [0.2, 0.25) is 25.7 Å². The first-order valence-electron chi connectivity index (χ1n) is 12.1. The number of sulfone groups is 1. The minimum atomic E-state index is -4.09. The fourth-order valence-corrected chi connectivity index (χ4v) is 8.00. The Labute approximate surface area is 216 Å². The third-order valence-electron chi connectivity index (χ3n) is 6.11. The fourth-order valence-electron chi connectivity index (χ4n) is 4.10. The molecule has 3 rings (SSSR count). The number of hydrogen-bond acceptors (Lipinski definition) is 6.